The first-order chi connectivity index (χ1) is 12.5. The Morgan fingerprint density at radius 3 is 2.85 bits per heavy atom. The Labute approximate surface area is 154 Å². The van der Waals surface area contributed by atoms with Gasteiger partial charge in [-0.05, 0) is 56.9 Å². The first-order valence-corrected chi connectivity index (χ1v) is 9.58. The van der Waals surface area contributed by atoms with E-state index in [2.05, 4.69) is 23.4 Å². The van der Waals surface area contributed by atoms with Gasteiger partial charge in [0.1, 0.15) is 0 Å². The van der Waals surface area contributed by atoms with E-state index in [-0.39, 0.29) is 17.6 Å². The summed E-state index contributed by atoms with van der Waals surface area (Å²) in [5.74, 6) is -0.0103. The van der Waals surface area contributed by atoms with Crippen molar-refractivity contribution in [2.45, 2.75) is 64.1 Å². The molecule has 1 saturated carbocycles. The SMILES string of the molecule is Cc1cc(C)n(Cc2cccc(C(=O)N[C@H]3COC4(CCCC4)C3)c2)n1. The van der Waals surface area contributed by atoms with Crippen LogP contribution in [0.25, 0.3) is 0 Å². The molecule has 2 aliphatic rings. The van der Waals surface area contributed by atoms with Crippen LogP contribution >= 0.6 is 0 Å². The number of hydrogen-bond donors (Lipinski definition) is 1. The maximum atomic E-state index is 12.7. The van der Waals surface area contributed by atoms with Crippen molar-refractivity contribution in [2.24, 2.45) is 0 Å². The predicted octanol–water partition coefficient (Wildman–Crippen LogP) is 3.38. The molecule has 1 aliphatic carbocycles. The van der Waals surface area contributed by atoms with Crippen LogP contribution < -0.4 is 5.32 Å². The Morgan fingerprint density at radius 2 is 2.12 bits per heavy atom. The number of aryl methyl sites for hydroxylation is 2. The summed E-state index contributed by atoms with van der Waals surface area (Å²) in [6.07, 6.45) is 5.71. The molecule has 1 atom stereocenters. The maximum absolute atomic E-state index is 12.7. The van der Waals surface area contributed by atoms with Crippen molar-refractivity contribution in [1.82, 2.24) is 15.1 Å². The number of benzene rings is 1. The van der Waals surface area contributed by atoms with Crippen LogP contribution in [0.15, 0.2) is 30.3 Å². The molecular formula is C21H27N3O2. The molecule has 2 fully saturated rings. The quantitative estimate of drug-likeness (QED) is 0.917. The lowest BCUT2D eigenvalue weighted by Crippen LogP contribution is -2.36. The van der Waals surface area contributed by atoms with E-state index in [0.29, 0.717) is 18.7 Å². The zero-order chi connectivity index (χ0) is 18.1. The number of ether oxygens (including phenoxy) is 1. The van der Waals surface area contributed by atoms with Gasteiger partial charge in [-0.3, -0.25) is 9.48 Å². The van der Waals surface area contributed by atoms with Crippen molar-refractivity contribution >= 4 is 5.91 Å². The van der Waals surface area contributed by atoms with Gasteiger partial charge < -0.3 is 10.1 Å². The predicted molar refractivity (Wildman–Crippen MR) is 100 cm³/mol. The van der Waals surface area contributed by atoms with Gasteiger partial charge in [0.25, 0.3) is 5.91 Å². The lowest BCUT2D eigenvalue weighted by molar-refractivity contribution is 0.00988. The second-order valence-electron chi connectivity index (χ2n) is 7.86. The molecule has 0 unspecified atom stereocenters. The van der Waals surface area contributed by atoms with E-state index >= 15 is 0 Å². The number of hydrogen-bond acceptors (Lipinski definition) is 3. The molecule has 2 heterocycles. The third-order valence-corrected chi connectivity index (χ3v) is 5.68. The van der Waals surface area contributed by atoms with Crippen LogP contribution in [0.1, 0.15) is 59.4 Å². The number of nitrogens with one attached hydrogen (secondary N) is 1. The highest BCUT2D eigenvalue weighted by atomic mass is 16.5. The lowest BCUT2D eigenvalue weighted by Gasteiger charge is -2.21. The molecule has 1 aliphatic heterocycles. The third-order valence-electron chi connectivity index (χ3n) is 5.68. The van der Waals surface area contributed by atoms with Gasteiger partial charge in [-0.15, -0.1) is 0 Å². The van der Waals surface area contributed by atoms with Crippen LogP contribution in [0.2, 0.25) is 0 Å². The summed E-state index contributed by atoms with van der Waals surface area (Å²) in [5.41, 5.74) is 3.96. The molecule has 1 spiro atoms. The Balaban J connectivity index is 1.41. The maximum Gasteiger partial charge on any atom is 0.251 e. The van der Waals surface area contributed by atoms with Gasteiger partial charge in [-0.2, -0.15) is 5.10 Å². The van der Waals surface area contributed by atoms with E-state index in [9.17, 15) is 4.79 Å². The second-order valence-corrected chi connectivity index (χ2v) is 7.86. The Hall–Kier alpha value is -2.14. The van der Waals surface area contributed by atoms with Crippen LogP contribution in [0.5, 0.6) is 0 Å². The van der Waals surface area contributed by atoms with Crippen molar-refractivity contribution in [3.63, 3.8) is 0 Å². The Kier molecular flexibility index (Phi) is 4.57. The highest BCUT2D eigenvalue weighted by molar-refractivity contribution is 5.94. The molecule has 1 aromatic carbocycles. The highest BCUT2D eigenvalue weighted by Gasteiger charge is 2.42. The smallest absolute Gasteiger partial charge is 0.251 e. The number of carbonyl (C=O) groups is 1. The minimum atomic E-state index is -0.0103. The van der Waals surface area contributed by atoms with E-state index < -0.39 is 0 Å². The van der Waals surface area contributed by atoms with Gasteiger partial charge in [0.05, 0.1) is 30.5 Å². The van der Waals surface area contributed by atoms with Crippen molar-refractivity contribution < 1.29 is 9.53 Å². The summed E-state index contributed by atoms with van der Waals surface area (Å²) in [5, 5.41) is 7.67. The largest absolute Gasteiger partial charge is 0.373 e. The summed E-state index contributed by atoms with van der Waals surface area (Å²) >= 11 is 0. The summed E-state index contributed by atoms with van der Waals surface area (Å²) in [7, 11) is 0. The monoisotopic (exact) mass is 353 g/mol. The molecule has 2 aromatic rings. The van der Waals surface area contributed by atoms with Crippen LogP contribution in [0.4, 0.5) is 0 Å². The fourth-order valence-corrected chi connectivity index (χ4v) is 4.39. The highest BCUT2D eigenvalue weighted by Crippen LogP contribution is 2.40. The molecule has 5 nitrogen and oxygen atoms in total. The fourth-order valence-electron chi connectivity index (χ4n) is 4.39. The van der Waals surface area contributed by atoms with Gasteiger partial charge in [0, 0.05) is 11.3 Å². The molecule has 4 rings (SSSR count). The topological polar surface area (TPSA) is 56.2 Å². The van der Waals surface area contributed by atoms with Crippen LogP contribution in [0, 0.1) is 13.8 Å². The second kappa shape index (κ2) is 6.88. The number of carbonyl (C=O) groups excluding carboxylic acids is 1. The van der Waals surface area contributed by atoms with Crippen LogP contribution in [0.3, 0.4) is 0 Å². The molecule has 1 aromatic heterocycles. The summed E-state index contributed by atoms with van der Waals surface area (Å²) in [6.45, 7) is 5.36. The van der Waals surface area contributed by atoms with E-state index in [0.717, 1.165) is 36.2 Å². The van der Waals surface area contributed by atoms with Gasteiger partial charge in [-0.25, -0.2) is 0 Å². The minimum absolute atomic E-state index is 0.0103. The summed E-state index contributed by atoms with van der Waals surface area (Å²) in [4.78, 5) is 12.7. The van der Waals surface area contributed by atoms with E-state index in [1.165, 1.54) is 12.8 Å². The molecule has 1 amide bonds. The number of aromatic nitrogens is 2. The number of nitrogens with zero attached hydrogens (tertiary/aromatic N) is 2. The molecule has 1 N–H and O–H groups in total. The Bertz CT molecular complexity index is 805. The van der Waals surface area contributed by atoms with Gasteiger partial charge in [0.15, 0.2) is 0 Å². The normalized spacial score (nSPS) is 21.4. The zero-order valence-electron chi connectivity index (χ0n) is 15.6. The molecule has 0 radical (unpaired) electrons. The first kappa shape index (κ1) is 17.3. The standard InChI is InChI=1S/C21H27N3O2/c1-15-10-16(2)24(23-15)13-17-6-5-7-18(11-17)20(25)22-19-12-21(26-14-19)8-3-4-9-21/h5-7,10-11,19H,3-4,8-9,12-14H2,1-2H3,(H,22,25)/t19-/m1/s1. The lowest BCUT2D eigenvalue weighted by atomic mass is 9.96. The molecule has 1 saturated heterocycles. The van der Waals surface area contributed by atoms with E-state index in [1.54, 1.807) is 0 Å². The van der Waals surface area contributed by atoms with Crippen molar-refractivity contribution in [1.29, 1.82) is 0 Å². The zero-order valence-corrected chi connectivity index (χ0v) is 15.6. The van der Waals surface area contributed by atoms with Crippen molar-refractivity contribution in [3.8, 4) is 0 Å². The number of amides is 1. The average Bonchev–Trinajstić information content (AvgIpc) is 3.31. The van der Waals surface area contributed by atoms with Gasteiger partial charge in [0.2, 0.25) is 0 Å². The molecule has 0 bridgehead atoms. The molecule has 26 heavy (non-hydrogen) atoms. The van der Waals surface area contributed by atoms with Crippen LogP contribution in [-0.2, 0) is 11.3 Å². The van der Waals surface area contributed by atoms with Crippen molar-refractivity contribution in [2.75, 3.05) is 6.61 Å². The Morgan fingerprint density at radius 1 is 1.31 bits per heavy atom. The third kappa shape index (κ3) is 3.54. The average molecular weight is 353 g/mol. The summed E-state index contributed by atoms with van der Waals surface area (Å²) in [6, 6.07) is 10.0. The first-order valence-electron chi connectivity index (χ1n) is 9.58. The van der Waals surface area contributed by atoms with Gasteiger partial charge >= 0.3 is 0 Å². The van der Waals surface area contributed by atoms with E-state index in [4.69, 9.17) is 4.74 Å². The fraction of sp³-hybridized carbons (Fsp3) is 0.524. The van der Waals surface area contributed by atoms with E-state index in [1.807, 2.05) is 35.9 Å². The number of rotatable bonds is 4. The molecule has 5 heteroatoms. The van der Waals surface area contributed by atoms with Crippen molar-refractivity contribution in [3.05, 3.63) is 52.8 Å². The molecule has 138 valence electrons. The van der Waals surface area contributed by atoms with Gasteiger partial charge in [-0.1, -0.05) is 25.0 Å². The minimum Gasteiger partial charge on any atom is -0.373 e. The summed E-state index contributed by atoms with van der Waals surface area (Å²) < 4.78 is 8.02. The molecular weight excluding hydrogens is 326 g/mol. The van der Waals surface area contributed by atoms with Crippen LogP contribution in [-0.4, -0.2) is 33.9 Å².